The predicted octanol–water partition coefficient (Wildman–Crippen LogP) is -0.00220. The first-order valence-electron chi connectivity index (χ1n) is 8.20. The summed E-state index contributed by atoms with van der Waals surface area (Å²) in [5.41, 5.74) is 4.74. The number of fused-ring (bicyclic) bond motifs is 1. The van der Waals surface area contributed by atoms with Crippen LogP contribution in [-0.4, -0.2) is 61.9 Å². The summed E-state index contributed by atoms with van der Waals surface area (Å²) in [5, 5.41) is 20.7. The van der Waals surface area contributed by atoms with E-state index in [0.717, 1.165) is 0 Å². The first-order valence-corrected chi connectivity index (χ1v) is 9.08. The van der Waals surface area contributed by atoms with Gasteiger partial charge in [-0.2, -0.15) is 0 Å². The summed E-state index contributed by atoms with van der Waals surface area (Å²) >= 11 is 1.25. The summed E-state index contributed by atoms with van der Waals surface area (Å²) < 4.78 is 4.61. The molecule has 0 radical (unpaired) electrons. The number of thioether (sulfide) groups is 1. The van der Waals surface area contributed by atoms with Gasteiger partial charge >= 0.3 is 5.97 Å². The molecule has 9 nitrogen and oxygen atoms in total. The second kappa shape index (κ2) is 6.39. The Morgan fingerprint density at radius 2 is 1.93 bits per heavy atom. The summed E-state index contributed by atoms with van der Waals surface area (Å²) in [4.78, 5) is 38.2. The van der Waals surface area contributed by atoms with Crippen LogP contribution in [0, 0.1) is 0 Å². The summed E-state index contributed by atoms with van der Waals surface area (Å²) in [6.07, 6.45) is 0. The minimum atomic E-state index is -1.67. The third-order valence-corrected chi connectivity index (χ3v) is 6.52. The number of carbonyl (C=O) groups is 3. The SMILES string of the molecule is CO[C@@]1(NC(=O)C(N)c2ccc(O)cc2)C(=O)N2[C@@H](C(=O)O)C(C)(C)S[C@@H]21. The largest absolute Gasteiger partial charge is 0.508 e. The highest BCUT2D eigenvalue weighted by atomic mass is 32.2. The molecule has 0 aliphatic carbocycles. The van der Waals surface area contributed by atoms with Gasteiger partial charge in [0.25, 0.3) is 11.6 Å². The van der Waals surface area contributed by atoms with Crippen LogP contribution in [0.25, 0.3) is 0 Å². The van der Waals surface area contributed by atoms with E-state index in [9.17, 15) is 24.6 Å². The van der Waals surface area contributed by atoms with E-state index in [1.165, 1.54) is 48.0 Å². The molecule has 0 saturated carbocycles. The Hall–Kier alpha value is -2.30. The number of nitrogens with one attached hydrogen (secondary N) is 1. The van der Waals surface area contributed by atoms with E-state index in [1.54, 1.807) is 13.8 Å². The Morgan fingerprint density at radius 3 is 2.44 bits per heavy atom. The minimum Gasteiger partial charge on any atom is -0.508 e. The Balaban J connectivity index is 1.83. The number of amides is 2. The molecule has 1 unspecified atom stereocenters. The van der Waals surface area contributed by atoms with E-state index in [1.807, 2.05) is 0 Å². The molecule has 4 atom stereocenters. The highest BCUT2D eigenvalue weighted by Crippen LogP contribution is 2.55. The standard InChI is InChI=1S/C17H21N3O6S/c1-16(2)11(13(23)24)20-14(25)17(26-3,15(20)27-16)19-12(22)10(18)8-4-6-9(21)7-5-8/h4-7,10-11,15,21H,18H2,1-3H3,(H,19,22)(H,23,24)/t10?,11-,15+,17-/m0/s1. The molecular weight excluding hydrogens is 374 g/mol. The third-order valence-electron chi connectivity index (χ3n) is 4.90. The lowest BCUT2D eigenvalue weighted by atomic mass is 9.93. The number of hydrogen-bond acceptors (Lipinski definition) is 7. The van der Waals surface area contributed by atoms with Crippen LogP contribution in [0.5, 0.6) is 5.75 Å². The molecule has 2 aliphatic rings. The van der Waals surface area contributed by atoms with E-state index < -0.39 is 45.7 Å². The number of rotatable bonds is 5. The van der Waals surface area contributed by atoms with Crippen molar-refractivity contribution >= 4 is 29.5 Å². The van der Waals surface area contributed by atoms with Crippen molar-refractivity contribution in [3.05, 3.63) is 29.8 Å². The number of hydrogen-bond donors (Lipinski definition) is 4. The van der Waals surface area contributed by atoms with Crippen molar-refractivity contribution in [2.75, 3.05) is 7.11 Å². The van der Waals surface area contributed by atoms with Crippen molar-refractivity contribution in [3.8, 4) is 5.75 Å². The molecule has 2 saturated heterocycles. The van der Waals surface area contributed by atoms with E-state index in [0.29, 0.717) is 5.56 Å². The van der Waals surface area contributed by atoms with Crippen LogP contribution in [-0.2, 0) is 19.1 Å². The summed E-state index contributed by atoms with van der Waals surface area (Å²) in [6.45, 7) is 3.46. The minimum absolute atomic E-state index is 0.0360. The van der Waals surface area contributed by atoms with Gasteiger partial charge in [-0.3, -0.25) is 9.59 Å². The number of nitrogens with zero attached hydrogens (tertiary/aromatic N) is 1. The quantitative estimate of drug-likeness (QED) is 0.403. The van der Waals surface area contributed by atoms with Crippen LogP contribution < -0.4 is 11.1 Å². The maximum Gasteiger partial charge on any atom is 0.327 e. The van der Waals surface area contributed by atoms with Gasteiger partial charge in [0.05, 0.1) is 0 Å². The number of phenols is 1. The van der Waals surface area contributed by atoms with E-state index in [2.05, 4.69) is 5.32 Å². The molecule has 2 fully saturated rings. The summed E-state index contributed by atoms with van der Waals surface area (Å²) in [6, 6.07) is 3.69. The molecule has 2 aliphatic heterocycles. The summed E-state index contributed by atoms with van der Waals surface area (Å²) in [5.74, 6) is -2.34. The van der Waals surface area contributed by atoms with E-state index in [4.69, 9.17) is 10.5 Å². The number of carboxylic acids is 1. The normalized spacial score (nSPS) is 29.6. The number of nitrogens with two attached hydrogens (primary N) is 1. The molecule has 10 heteroatoms. The van der Waals surface area contributed by atoms with Gasteiger partial charge in [-0.05, 0) is 31.5 Å². The fraction of sp³-hybridized carbons (Fsp3) is 0.471. The zero-order chi connectivity index (χ0) is 20.1. The van der Waals surface area contributed by atoms with Gasteiger partial charge in [0.2, 0.25) is 5.91 Å². The zero-order valence-electron chi connectivity index (χ0n) is 15.0. The Bertz CT molecular complexity index is 798. The number of β-lactam (4-membered cyclic amide) rings is 1. The molecule has 1 aromatic rings. The lowest BCUT2D eigenvalue weighted by Gasteiger charge is -2.51. The molecule has 0 bridgehead atoms. The van der Waals surface area contributed by atoms with Crippen LogP contribution in [0.3, 0.4) is 0 Å². The van der Waals surface area contributed by atoms with Crippen molar-refractivity contribution in [2.45, 2.75) is 41.8 Å². The number of aliphatic carboxylic acids is 1. The van der Waals surface area contributed by atoms with E-state index in [-0.39, 0.29) is 5.75 Å². The van der Waals surface area contributed by atoms with E-state index >= 15 is 0 Å². The molecule has 5 N–H and O–H groups in total. The van der Waals surface area contributed by atoms with Crippen LogP contribution in [0.1, 0.15) is 25.5 Å². The molecule has 2 amide bonds. The van der Waals surface area contributed by atoms with Gasteiger partial charge in [-0.25, -0.2) is 4.79 Å². The van der Waals surface area contributed by atoms with Gasteiger partial charge in [-0.15, -0.1) is 11.8 Å². The smallest absolute Gasteiger partial charge is 0.327 e. The molecule has 3 rings (SSSR count). The molecule has 27 heavy (non-hydrogen) atoms. The van der Waals surface area contributed by atoms with Crippen LogP contribution in [0.2, 0.25) is 0 Å². The zero-order valence-corrected chi connectivity index (χ0v) is 15.8. The number of phenolic OH excluding ortho intramolecular Hbond substituents is 1. The number of carbonyl (C=O) groups excluding carboxylic acids is 2. The number of aromatic hydroxyl groups is 1. The van der Waals surface area contributed by atoms with Crippen molar-refractivity contribution in [2.24, 2.45) is 5.73 Å². The van der Waals surface area contributed by atoms with Gasteiger partial charge in [0.15, 0.2) is 0 Å². The third kappa shape index (κ3) is 2.84. The first-order chi connectivity index (χ1) is 12.5. The van der Waals surface area contributed by atoms with Crippen molar-refractivity contribution in [1.82, 2.24) is 10.2 Å². The topological polar surface area (TPSA) is 142 Å². The monoisotopic (exact) mass is 395 g/mol. The van der Waals surface area contributed by atoms with Gasteiger partial charge in [-0.1, -0.05) is 12.1 Å². The molecule has 0 spiro atoms. The second-order valence-electron chi connectivity index (χ2n) is 7.03. The van der Waals surface area contributed by atoms with Crippen molar-refractivity contribution in [1.29, 1.82) is 0 Å². The fourth-order valence-corrected chi connectivity index (χ4v) is 5.15. The number of carboxylic acid groups (broad SMARTS) is 1. The van der Waals surface area contributed by atoms with Gasteiger partial charge < -0.3 is 30.9 Å². The predicted molar refractivity (Wildman–Crippen MR) is 96.6 cm³/mol. The molecule has 0 aromatic heterocycles. The first kappa shape index (κ1) is 19.5. The van der Waals surface area contributed by atoms with Crippen LogP contribution in [0.15, 0.2) is 24.3 Å². The molecule has 1 aromatic carbocycles. The maximum absolute atomic E-state index is 12.8. The summed E-state index contributed by atoms with van der Waals surface area (Å²) in [7, 11) is 1.28. The maximum atomic E-state index is 12.8. The molecule has 146 valence electrons. The van der Waals surface area contributed by atoms with Crippen LogP contribution in [0.4, 0.5) is 0 Å². The highest BCUT2D eigenvalue weighted by Gasteiger charge is 2.73. The fourth-order valence-electron chi connectivity index (χ4n) is 3.48. The second-order valence-corrected chi connectivity index (χ2v) is 8.76. The Morgan fingerprint density at radius 1 is 1.33 bits per heavy atom. The number of methoxy groups -OCH3 is 1. The lowest BCUT2D eigenvalue weighted by molar-refractivity contribution is -0.201. The van der Waals surface area contributed by atoms with Gasteiger partial charge in [0, 0.05) is 11.9 Å². The average Bonchev–Trinajstić information content (AvgIpc) is 2.88. The molecular formula is C17H21N3O6S. The average molecular weight is 395 g/mol. The molecule has 2 heterocycles. The number of ether oxygens (including phenoxy) is 1. The highest BCUT2D eigenvalue weighted by molar-refractivity contribution is 8.01. The van der Waals surface area contributed by atoms with Crippen molar-refractivity contribution in [3.63, 3.8) is 0 Å². The number of benzene rings is 1. The Kier molecular flexibility index (Phi) is 4.61. The van der Waals surface area contributed by atoms with Crippen LogP contribution >= 0.6 is 11.8 Å². The lowest BCUT2D eigenvalue weighted by Crippen LogP contribution is -2.80. The Labute approximate surface area is 159 Å². The van der Waals surface area contributed by atoms with Gasteiger partial charge in [0.1, 0.15) is 23.2 Å². The van der Waals surface area contributed by atoms with Crippen molar-refractivity contribution < 1.29 is 29.3 Å².